The number of fused-ring (bicyclic) bond motifs is 1. The number of hydrogen-bond acceptors (Lipinski definition) is 3. The molecule has 0 spiro atoms. The Kier molecular flexibility index (Phi) is 4.07. The van der Waals surface area contributed by atoms with Gasteiger partial charge in [0.05, 0.1) is 5.92 Å². The van der Waals surface area contributed by atoms with Crippen molar-refractivity contribution < 1.29 is 18.7 Å². The molecule has 0 amide bonds. The summed E-state index contributed by atoms with van der Waals surface area (Å²) in [6.45, 7) is 1.58. The number of aromatic amines is 1. The summed E-state index contributed by atoms with van der Waals surface area (Å²) >= 11 is 0. The second-order valence-corrected chi connectivity index (χ2v) is 6.69. The van der Waals surface area contributed by atoms with Crippen molar-refractivity contribution in [2.75, 3.05) is 0 Å². The van der Waals surface area contributed by atoms with E-state index in [1.165, 1.54) is 12.1 Å². The lowest BCUT2D eigenvalue weighted by molar-refractivity contribution is -0.148. The molecule has 4 rings (SSSR count). The van der Waals surface area contributed by atoms with Crippen molar-refractivity contribution in [1.29, 1.82) is 0 Å². The predicted octanol–water partition coefficient (Wildman–Crippen LogP) is 4.23. The van der Waals surface area contributed by atoms with Crippen molar-refractivity contribution in [3.8, 4) is 0 Å². The summed E-state index contributed by atoms with van der Waals surface area (Å²) in [5, 5.41) is 0.810. The maximum absolute atomic E-state index is 13.3. The Morgan fingerprint density at radius 2 is 2.00 bits per heavy atom. The average molecular weight is 351 g/mol. The summed E-state index contributed by atoms with van der Waals surface area (Å²) in [5.41, 5.74) is 2.17. The Morgan fingerprint density at radius 1 is 1.19 bits per heavy atom. The lowest BCUT2D eigenvalue weighted by Gasteiger charge is -2.12. The van der Waals surface area contributed by atoms with Crippen molar-refractivity contribution in [2.24, 2.45) is 5.92 Å². The van der Waals surface area contributed by atoms with Gasteiger partial charge in [-0.15, -0.1) is 0 Å². The molecule has 1 fully saturated rings. The quantitative estimate of drug-likeness (QED) is 0.553. The maximum atomic E-state index is 13.3. The van der Waals surface area contributed by atoms with Gasteiger partial charge in [-0.05, 0) is 43.0 Å². The minimum Gasteiger partial charge on any atom is -0.454 e. The monoisotopic (exact) mass is 351 g/mol. The molecule has 3 atom stereocenters. The molecule has 26 heavy (non-hydrogen) atoms. The van der Waals surface area contributed by atoms with Gasteiger partial charge in [-0.1, -0.05) is 30.3 Å². The molecule has 1 aliphatic carbocycles. The molecule has 5 heteroatoms. The van der Waals surface area contributed by atoms with Gasteiger partial charge in [0.2, 0.25) is 5.78 Å². The van der Waals surface area contributed by atoms with Gasteiger partial charge in [0.25, 0.3) is 0 Å². The number of aromatic nitrogens is 1. The van der Waals surface area contributed by atoms with Crippen LogP contribution < -0.4 is 0 Å². The van der Waals surface area contributed by atoms with Gasteiger partial charge in [-0.2, -0.15) is 0 Å². The number of hydrogen-bond donors (Lipinski definition) is 1. The number of ketones is 1. The first kappa shape index (κ1) is 16.5. The first-order valence-corrected chi connectivity index (χ1v) is 8.61. The zero-order chi connectivity index (χ0) is 18.3. The van der Waals surface area contributed by atoms with Crippen molar-refractivity contribution in [2.45, 2.75) is 25.4 Å². The highest BCUT2D eigenvalue weighted by Gasteiger charge is 2.46. The van der Waals surface area contributed by atoms with Crippen LogP contribution in [0.5, 0.6) is 0 Å². The Hall–Kier alpha value is -2.95. The molecule has 1 saturated carbocycles. The number of Topliss-reactive ketones (excluding diaryl/α,β-unsaturated/α-hetero) is 1. The van der Waals surface area contributed by atoms with Gasteiger partial charge in [0.1, 0.15) is 5.82 Å². The SMILES string of the molecule is C[C@H](OC(=O)[C@H]1C[C@@H]1c1cccc(F)c1)C(=O)c1c[nH]c2ccccc12. The molecule has 0 unspecified atom stereocenters. The Bertz CT molecular complexity index is 994. The molecule has 132 valence electrons. The van der Waals surface area contributed by atoms with Crippen molar-refractivity contribution in [3.05, 3.63) is 71.7 Å². The zero-order valence-corrected chi connectivity index (χ0v) is 14.2. The van der Waals surface area contributed by atoms with E-state index in [2.05, 4.69) is 4.98 Å². The molecule has 1 heterocycles. The number of ether oxygens (including phenoxy) is 1. The molecule has 1 aromatic heterocycles. The molecule has 2 aromatic carbocycles. The highest BCUT2D eigenvalue weighted by atomic mass is 19.1. The summed E-state index contributed by atoms with van der Waals surface area (Å²) in [6, 6.07) is 13.7. The fraction of sp³-hybridized carbons (Fsp3) is 0.238. The fourth-order valence-corrected chi connectivity index (χ4v) is 3.37. The van der Waals surface area contributed by atoms with E-state index in [4.69, 9.17) is 4.74 Å². The summed E-state index contributed by atoms with van der Waals surface area (Å²) in [6.07, 6.45) is 1.40. The third-order valence-electron chi connectivity index (χ3n) is 4.89. The predicted molar refractivity (Wildman–Crippen MR) is 95.4 cm³/mol. The summed E-state index contributed by atoms with van der Waals surface area (Å²) in [7, 11) is 0. The van der Waals surface area contributed by atoms with Crippen LogP contribution in [0.15, 0.2) is 54.7 Å². The van der Waals surface area contributed by atoms with Crippen LogP contribution in [0.2, 0.25) is 0 Å². The molecule has 4 nitrogen and oxygen atoms in total. The Balaban J connectivity index is 1.43. The molecular formula is C21H18FNO3. The minimum atomic E-state index is -0.865. The van der Waals surface area contributed by atoms with Crippen molar-refractivity contribution in [1.82, 2.24) is 4.98 Å². The van der Waals surface area contributed by atoms with E-state index >= 15 is 0 Å². The second-order valence-electron chi connectivity index (χ2n) is 6.69. The number of rotatable bonds is 5. The molecular weight excluding hydrogens is 333 g/mol. The molecule has 1 N–H and O–H groups in total. The minimum absolute atomic E-state index is 0.0337. The Labute approximate surface area is 150 Å². The first-order chi connectivity index (χ1) is 12.5. The van der Waals surface area contributed by atoms with Crippen molar-refractivity contribution >= 4 is 22.7 Å². The number of nitrogens with one attached hydrogen (secondary N) is 1. The molecule has 3 aromatic rings. The number of carbonyl (C=O) groups is 2. The van der Waals surface area contributed by atoms with E-state index in [1.54, 1.807) is 19.2 Å². The molecule has 0 radical (unpaired) electrons. The second kappa shape index (κ2) is 6.41. The largest absolute Gasteiger partial charge is 0.454 e. The number of carbonyl (C=O) groups excluding carboxylic acids is 2. The summed E-state index contributed by atoms with van der Waals surface area (Å²) < 4.78 is 18.7. The molecule has 1 aliphatic rings. The topological polar surface area (TPSA) is 59.2 Å². The van der Waals surface area contributed by atoms with E-state index < -0.39 is 12.1 Å². The summed E-state index contributed by atoms with van der Waals surface area (Å²) in [4.78, 5) is 28.0. The lowest BCUT2D eigenvalue weighted by atomic mass is 10.1. The van der Waals surface area contributed by atoms with Crippen molar-refractivity contribution in [3.63, 3.8) is 0 Å². The van der Waals surface area contributed by atoms with Crippen LogP contribution in [0.4, 0.5) is 4.39 Å². The number of halogens is 1. The normalized spacial score (nSPS) is 19.9. The summed E-state index contributed by atoms with van der Waals surface area (Å²) in [5.74, 6) is -1.30. The van der Waals surface area contributed by atoms with Gasteiger partial charge in [-0.3, -0.25) is 9.59 Å². The van der Waals surface area contributed by atoms with E-state index in [-0.39, 0.29) is 23.4 Å². The molecule has 0 saturated heterocycles. The van der Waals surface area contributed by atoms with Gasteiger partial charge in [-0.25, -0.2) is 4.39 Å². The molecule has 0 bridgehead atoms. The van der Waals surface area contributed by atoms with Crippen LogP contribution in [0.25, 0.3) is 10.9 Å². The van der Waals surface area contributed by atoms with Crippen LogP contribution in [0, 0.1) is 11.7 Å². The highest BCUT2D eigenvalue weighted by Crippen LogP contribution is 2.48. The smallest absolute Gasteiger partial charge is 0.310 e. The number of para-hydroxylation sites is 1. The van der Waals surface area contributed by atoms with E-state index in [1.807, 2.05) is 30.3 Å². The highest BCUT2D eigenvalue weighted by molar-refractivity contribution is 6.10. The average Bonchev–Trinajstić information content (AvgIpc) is 3.33. The van der Waals surface area contributed by atoms with Crippen LogP contribution >= 0.6 is 0 Å². The fourth-order valence-electron chi connectivity index (χ4n) is 3.37. The van der Waals surface area contributed by atoms with Crippen LogP contribution in [0.1, 0.15) is 35.2 Å². The number of esters is 1. The third-order valence-corrected chi connectivity index (χ3v) is 4.89. The molecule has 0 aliphatic heterocycles. The lowest BCUT2D eigenvalue weighted by Crippen LogP contribution is -2.25. The van der Waals surface area contributed by atoms with Crippen LogP contribution in [-0.4, -0.2) is 22.8 Å². The zero-order valence-electron chi connectivity index (χ0n) is 14.2. The van der Waals surface area contributed by atoms with E-state index in [0.717, 1.165) is 16.5 Å². The first-order valence-electron chi connectivity index (χ1n) is 8.61. The van der Waals surface area contributed by atoms with Crippen LogP contribution in [-0.2, 0) is 9.53 Å². The van der Waals surface area contributed by atoms with Gasteiger partial charge < -0.3 is 9.72 Å². The Morgan fingerprint density at radius 3 is 2.81 bits per heavy atom. The number of H-pyrrole nitrogens is 1. The maximum Gasteiger partial charge on any atom is 0.310 e. The standard InChI is InChI=1S/C21H18FNO3/c1-12(20(24)18-11-23-19-8-3-2-7-15(18)19)26-21(25)17-10-16(17)13-5-4-6-14(22)9-13/h2-9,11-12,16-17,23H,10H2,1H3/t12-,16+,17-/m0/s1. The van der Waals surface area contributed by atoms with E-state index in [0.29, 0.717) is 12.0 Å². The van der Waals surface area contributed by atoms with Gasteiger partial charge >= 0.3 is 5.97 Å². The van der Waals surface area contributed by atoms with Gasteiger partial charge in [0, 0.05) is 22.7 Å². The number of benzene rings is 2. The third kappa shape index (κ3) is 3.01. The van der Waals surface area contributed by atoms with E-state index in [9.17, 15) is 14.0 Å². The van der Waals surface area contributed by atoms with Gasteiger partial charge in [0.15, 0.2) is 6.10 Å². The van der Waals surface area contributed by atoms with Crippen LogP contribution in [0.3, 0.4) is 0 Å².